The van der Waals surface area contributed by atoms with Gasteiger partial charge >= 0.3 is 0 Å². The van der Waals surface area contributed by atoms with E-state index >= 15 is 0 Å². The zero-order valence-electron chi connectivity index (χ0n) is 22.3. The minimum atomic E-state index is -3.63. The van der Waals surface area contributed by atoms with Crippen LogP contribution >= 0.6 is 11.6 Å². The van der Waals surface area contributed by atoms with E-state index in [1.165, 1.54) is 9.21 Å². The Morgan fingerprint density at radius 2 is 1.71 bits per heavy atom. The number of anilines is 1. The van der Waals surface area contributed by atoms with Crippen LogP contribution in [0.4, 0.5) is 5.69 Å². The van der Waals surface area contributed by atoms with Gasteiger partial charge in [-0.1, -0.05) is 30.7 Å². The summed E-state index contributed by atoms with van der Waals surface area (Å²) in [6.45, 7) is 6.72. The quantitative estimate of drug-likeness (QED) is 0.417. The fourth-order valence-electron chi connectivity index (χ4n) is 4.03. The predicted molar refractivity (Wildman–Crippen MR) is 148 cm³/mol. The van der Waals surface area contributed by atoms with Crippen LogP contribution in [0, 0.1) is 0 Å². The molecule has 1 heterocycles. The first kappa shape index (κ1) is 29.6. The van der Waals surface area contributed by atoms with Crippen LogP contribution in [-0.4, -0.2) is 63.2 Å². The number of sulfonamides is 1. The lowest BCUT2D eigenvalue weighted by atomic mass is 10.1. The number of carbonyl (C=O) groups excluding carboxylic acids is 2. The molecule has 9 nitrogen and oxygen atoms in total. The lowest BCUT2D eigenvalue weighted by Crippen LogP contribution is -2.49. The van der Waals surface area contributed by atoms with E-state index < -0.39 is 16.1 Å². The van der Waals surface area contributed by atoms with E-state index in [0.717, 1.165) is 18.2 Å². The summed E-state index contributed by atoms with van der Waals surface area (Å²) in [6, 6.07) is 11.3. The van der Waals surface area contributed by atoms with E-state index in [0.29, 0.717) is 35.4 Å². The number of ether oxygens (including phenoxy) is 2. The van der Waals surface area contributed by atoms with Crippen molar-refractivity contribution in [2.45, 2.75) is 58.7 Å². The lowest BCUT2D eigenvalue weighted by molar-refractivity contribution is -0.140. The van der Waals surface area contributed by atoms with Gasteiger partial charge in [-0.25, -0.2) is 8.42 Å². The monoisotopic (exact) mass is 565 g/mol. The third kappa shape index (κ3) is 8.01. The molecule has 11 heteroatoms. The molecule has 3 rings (SSSR count). The number of carbonyl (C=O) groups is 2. The summed E-state index contributed by atoms with van der Waals surface area (Å²) in [4.78, 5) is 27.8. The van der Waals surface area contributed by atoms with Crippen LogP contribution in [0.5, 0.6) is 11.5 Å². The molecule has 1 aliphatic rings. The number of hydrogen-bond acceptors (Lipinski definition) is 6. The first-order chi connectivity index (χ1) is 18.0. The van der Waals surface area contributed by atoms with E-state index in [4.69, 9.17) is 21.1 Å². The average molecular weight is 566 g/mol. The number of fused-ring (bicyclic) bond motifs is 1. The van der Waals surface area contributed by atoms with Crippen molar-refractivity contribution in [2.24, 2.45) is 0 Å². The second-order valence-corrected chi connectivity index (χ2v) is 11.8. The van der Waals surface area contributed by atoms with Crippen molar-refractivity contribution in [1.82, 2.24) is 10.2 Å². The molecule has 38 heavy (non-hydrogen) atoms. The van der Waals surface area contributed by atoms with E-state index in [1.54, 1.807) is 37.3 Å². The third-order valence-electron chi connectivity index (χ3n) is 6.40. The van der Waals surface area contributed by atoms with Crippen molar-refractivity contribution in [3.63, 3.8) is 0 Å². The lowest BCUT2D eigenvalue weighted by Gasteiger charge is -2.30. The summed E-state index contributed by atoms with van der Waals surface area (Å²) >= 11 is 6.01. The van der Waals surface area contributed by atoms with Gasteiger partial charge in [-0.05, 0) is 56.5 Å². The zero-order chi connectivity index (χ0) is 27.9. The number of rotatable bonds is 12. The Balaban J connectivity index is 1.73. The van der Waals surface area contributed by atoms with Gasteiger partial charge in [0.1, 0.15) is 19.3 Å². The predicted octanol–water partition coefficient (Wildman–Crippen LogP) is 3.99. The Bertz CT molecular complexity index is 1220. The highest BCUT2D eigenvalue weighted by molar-refractivity contribution is 7.92. The van der Waals surface area contributed by atoms with Gasteiger partial charge in [0, 0.05) is 36.6 Å². The minimum absolute atomic E-state index is 0.0215. The molecule has 2 amide bonds. The summed E-state index contributed by atoms with van der Waals surface area (Å²) in [5.41, 5.74) is 1.27. The van der Waals surface area contributed by atoms with E-state index in [9.17, 15) is 18.0 Å². The van der Waals surface area contributed by atoms with Crippen molar-refractivity contribution in [2.75, 3.05) is 30.3 Å². The minimum Gasteiger partial charge on any atom is -0.486 e. The van der Waals surface area contributed by atoms with E-state index in [1.807, 2.05) is 26.0 Å². The van der Waals surface area contributed by atoms with Crippen LogP contribution in [-0.2, 0) is 26.2 Å². The summed E-state index contributed by atoms with van der Waals surface area (Å²) in [6.07, 6.45) is 2.22. The summed E-state index contributed by atoms with van der Waals surface area (Å²) < 4.78 is 37.6. The molecular weight excluding hydrogens is 530 g/mol. The van der Waals surface area contributed by atoms with Crippen LogP contribution in [0.3, 0.4) is 0 Å². The van der Waals surface area contributed by atoms with Gasteiger partial charge in [0.25, 0.3) is 0 Å². The van der Waals surface area contributed by atoms with Crippen molar-refractivity contribution in [3.05, 3.63) is 53.1 Å². The average Bonchev–Trinajstić information content (AvgIpc) is 2.89. The maximum absolute atomic E-state index is 13.4. The number of nitrogens with one attached hydrogen (secondary N) is 1. The standard InChI is InChI=1S/C27H36ClN3O6S/c1-5-19(2)29-27(33)20(3)30(18-21-8-10-22(28)11-9-21)26(32)7-6-14-31(38(4,34)35)23-12-13-24-25(17-23)37-16-15-36-24/h8-13,17,19-20H,5-7,14-16,18H2,1-4H3,(H,29,33)/t19-,20+/m0/s1. The highest BCUT2D eigenvalue weighted by atomic mass is 35.5. The Morgan fingerprint density at radius 1 is 1.05 bits per heavy atom. The van der Waals surface area contributed by atoms with Crippen molar-refractivity contribution in [1.29, 1.82) is 0 Å². The Labute approximate surface area is 230 Å². The highest BCUT2D eigenvalue weighted by Crippen LogP contribution is 2.34. The largest absolute Gasteiger partial charge is 0.486 e. The first-order valence-corrected chi connectivity index (χ1v) is 14.9. The molecule has 0 saturated heterocycles. The molecule has 1 aliphatic heterocycles. The maximum Gasteiger partial charge on any atom is 0.242 e. The second kappa shape index (κ2) is 13.2. The number of benzene rings is 2. The number of nitrogens with zero attached hydrogens (tertiary/aromatic N) is 2. The fraction of sp³-hybridized carbons (Fsp3) is 0.481. The molecule has 0 fully saturated rings. The summed E-state index contributed by atoms with van der Waals surface area (Å²) in [5, 5.41) is 3.51. The van der Waals surface area contributed by atoms with Gasteiger partial charge in [0.15, 0.2) is 11.5 Å². The number of amides is 2. The molecule has 2 atom stereocenters. The van der Waals surface area contributed by atoms with Gasteiger partial charge in [-0.15, -0.1) is 0 Å². The Kier molecular flexibility index (Phi) is 10.3. The molecular formula is C27H36ClN3O6S. The molecule has 1 N–H and O–H groups in total. The molecule has 0 aromatic heterocycles. The molecule has 0 radical (unpaired) electrons. The topological polar surface area (TPSA) is 105 Å². The zero-order valence-corrected chi connectivity index (χ0v) is 23.8. The number of hydrogen-bond donors (Lipinski definition) is 1. The molecule has 0 bridgehead atoms. The molecule has 208 valence electrons. The molecule has 0 saturated carbocycles. The van der Waals surface area contributed by atoms with Gasteiger partial charge in [0.2, 0.25) is 21.8 Å². The van der Waals surface area contributed by atoms with E-state index in [2.05, 4.69) is 5.32 Å². The van der Waals surface area contributed by atoms with Gasteiger partial charge in [0.05, 0.1) is 11.9 Å². The third-order valence-corrected chi connectivity index (χ3v) is 7.85. The summed E-state index contributed by atoms with van der Waals surface area (Å²) in [5.74, 6) is 0.554. The van der Waals surface area contributed by atoms with Gasteiger partial charge in [-0.2, -0.15) is 0 Å². The van der Waals surface area contributed by atoms with Crippen LogP contribution in [0.1, 0.15) is 45.6 Å². The van der Waals surface area contributed by atoms with Gasteiger partial charge < -0.3 is 19.7 Å². The molecule has 2 aromatic rings. The molecule has 0 unspecified atom stereocenters. The van der Waals surface area contributed by atoms with Crippen molar-refractivity contribution in [3.8, 4) is 11.5 Å². The normalized spacial score (nSPS) is 14.3. The first-order valence-electron chi connectivity index (χ1n) is 12.7. The smallest absolute Gasteiger partial charge is 0.242 e. The van der Waals surface area contributed by atoms with Gasteiger partial charge in [-0.3, -0.25) is 13.9 Å². The number of halogens is 1. The van der Waals surface area contributed by atoms with Crippen molar-refractivity contribution < 1.29 is 27.5 Å². The Morgan fingerprint density at radius 3 is 2.34 bits per heavy atom. The van der Waals surface area contributed by atoms with E-state index in [-0.39, 0.29) is 43.8 Å². The SMILES string of the molecule is CC[C@H](C)NC(=O)[C@@H](C)N(Cc1ccc(Cl)cc1)C(=O)CCCN(c1ccc2c(c1)OCCO2)S(C)(=O)=O. The molecule has 0 aliphatic carbocycles. The molecule has 0 spiro atoms. The molecule has 2 aromatic carbocycles. The van der Waals surface area contributed by atoms with Crippen LogP contribution in [0.15, 0.2) is 42.5 Å². The van der Waals surface area contributed by atoms with Crippen molar-refractivity contribution >= 4 is 39.1 Å². The summed E-state index contributed by atoms with van der Waals surface area (Å²) in [7, 11) is -3.63. The second-order valence-electron chi connectivity index (χ2n) is 9.41. The van der Waals surface area contributed by atoms with Crippen LogP contribution in [0.25, 0.3) is 0 Å². The van der Waals surface area contributed by atoms with Crippen LogP contribution in [0.2, 0.25) is 5.02 Å². The highest BCUT2D eigenvalue weighted by Gasteiger charge is 2.27. The van der Waals surface area contributed by atoms with Crippen LogP contribution < -0.4 is 19.1 Å². The fourth-order valence-corrected chi connectivity index (χ4v) is 5.11. The Hall–Kier alpha value is -2.98. The maximum atomic E-state index is 13.4.